The first-order valence-corrected chi connectivity index (χ1v) is 5.68. The van der Waals surface area contributed by atoms with Gasteiger partial charge >= 0.3 is 11.7 Å². The molecule has 2 rings (SSSR count). The number of aromatic nitrogens is 3. The van der Waals surface area contributed by atoms with Crippen molar-refractivity contribution in [2.24, 2.45) is 0 Å². The van der Waals surface area contributed by atoms with Gasteiger partial charge in [-0.05, 0) is 6.92 Å². The highest BCUT2D eigenvalue weighted by atomic mass is 16.6. The zero-order chi connectivity index (χ0) is 14.7. The Bertz CT molecular complexity index is 667. The second-order valence-corrected chi connectivity index (χ2v) is 3.86. The summed E-state index contributed by atoms with van der Waals surface area (Å²) in [6.07, 6.45) is 4.17. The van der Waals surface area contributed by atoms with E-state index in [9.17, 15) is 14.9 Å². The summed E-state index contributed by atoms with van der Waals surface area (Å²) < 4.78 is 1.67. The fourth-order valence-electron chi connectivity index (χ4n) is 1.58. The largest absolute Gasteiger partial charge is 0.477 e. The first-order chi connectivity index (χ1) is 9.51. The van der Waals surface area contributed by atoms with Gasteiger partial charge in [-0.25, -0.2) is 9.78 Å². The molecule has 0 fully saturated rings. The van der Waals surface area contributed by atoms with Crippen molar-refractivity contribution in [1.29, 1.82) is 0 Å². The summed E-state index contributed by atoms with van der Waals surface area (Å²) in [5.74, 6) is -1.19. The molecule has 0 amide bonds. The van der Waals surface area contributed by atoms with Crippen molar-refractivity contribution in [3.8, 4) is 0 Å². The van der Waals surface area contributed by atoms with Crippen molar-refractivity contribution >= 4 is 23.2 Å². The molecular formula is C11H11N5O4. The molecule has 9 nitrogen and oxygen atoms in total. The van der Waals surface area contributed by atoms with Crippen LogP contribution < -0.4 is 5.32 Å². The number of hydrogen-bond donors (Lipinski definition) is 2. The first kappa shape index (κ1) is 13.5. The second-order valence-electron chi connectivity index (χ2n) is 3.86. The molecule has 104 valence electrons. The Kier molecular flexibility index (Phi) is 3.60. The van der Waals surface area contributed by atoms with Crippen LogP contribution in [0.3, 0.4) is 0 Å². The van der Waals surface area contributed by atoms with Gasteiger partial charge in [0.2, 0.25) is 0 Å². The number of hydrogen-bond acceptors (Lipinski definition) is 6. The molecule has 2 aromatic rings. The lowest BCUT2D eigenvalue weighted by molar-refractivity contribution is -0.385. The van der Waals surface area contributed by atoms with E-state index in [4.69, 9.17) is 5.11 Å². The Labute approximate surface area is 113 Å². The molecule has 0 aliphatic heterocycles. The Balaban J connectivity index is 2.31. The van der Waals surface area contributed by atoms with Crippen molar-refractivity contribution in [3.05, 3.63) is 40.3 Å². The van der Waals surface area contributed by atoms with Crippen LogP contribution in [0.4, 0.5) is 17.2 Å². The minimum absolute atomic E-state index is 0.198. The Morgan fingerprint density at radius 3 is 2.85 bits per heavy atom. The molecule has 0 saturated carbocycles. The minimum atomic E-state index is -1.38. The van der Waals surface area contributed by atoms with Gasteiger partial charge in [0.25, 0.3) is 0 Å². The molecule has 0 atom stereocenters. The predicted octanol–water partition coefficient (Wildman–Crippen LogP) is 1.65. The van der Waals surface area contributed by atoms with Gasteiger partial charge in [0.15, 0.2) is 0 Å². The first-order valence-electron chi connectivity index (χ1n) is 5.68. The summed E-state index contributed by atoms with van der Waals surface area (Å²) in [5, 5.41) is 26.6. The molecule has 20 heavy (non-hydrogen) atoms. The van der Waals surface area contributed by atoms with E-state index in [0.29, 0.717) is 12.2 Å². The zero-order valence-electron chi connectivity index (χ0n) is 10.5. The molecule has 0 bridgehead atoms. The number of nitro groups is 1. The molecule has 2 N–H and O–H groups in total. The van der Waals surface area contributed by atoms with Crippen molar-refractivity contribution < 1.29 is 14.8 Å². The minimum Gasteiger partial charge on any atom is -0.477 e. The monoisotopic (exact) mass is 277 g/mol. The fourth-order valence-corrected chi connectivity index (χ4v) is 1.58. The van der Waals surface area contributed by atoms with Crippen LogP contribution in [0.15, 0.2) is 24.7 Å². The molecule has 0 aliphatic rings. The van der Waals surface area contributed by atoms with Gasteiger partial charge < -0.3 is 10.4 Å². The molecule has 2 heterocycles. The summed E-state index contributed by atoms with van der Waals surface area (Å²) in [4.78, 5) is 24.7. The molecule has 0 spiro atoms. The smallest absolute Gasteiger partial charge is 0.342 e. The molecule has 0 saturated heterocycles. The van der Waals surface area contributed by atoms with E-state index in [-0.39, 0.29) is 5.82 Å². The van der Waals surface area contributed by atoms with Crippen LogP contribution in [0.5, 0.6) is 0 Å². The van der Waals surface area contributed by atoms with Crippen LogP contribution in [0.25, 0.3) is 0 Å². The number of carboxylic acids is 1. The molecule has 0 aromatic carbocycles. The predicted molar refractivity (Wildman–Crippen MR) is 69.0 cm³/mol. The fraction of sp³-hybridized carbons (Fsp3) is 0.182. The van der Waals surface area contributed by atoms with E-state index in [1.807, 2.05) is 6.92 Å². The third-order valence-electron chi connectivity index (χ3n) is 2.54. The van der Waals surface area contributed by atoms with Gasteiger partial charge in [0.05, 0.1) is 16.8 Å². The molecule has 0 unspecified atom stereocenters. The molecule has 0 radical (unpaired) electrons. The summed E-state index contributed by atoms with van der Waals surface area (Å²) in [7, 11) is 0. The summed E-state index contributed by atoms with van der Waals surface area (Å²) in [5.41, 5.74) is -0.354. The van der Waals surface area contributed by atoms with Crippen molar-refractivity contribution in [2.45, 2.75) is 13.5 Å². The van der Waals surface area contributed by atoms with Crippen LogP contribution in [0, 0.1) is 10.1 Å². The lowest BCUT2D eigenvalue weighted by atomic mass is 10.2. The quantitative estimate of drug-likeness (QED) is 0.629. The second kappa shape index (κ2) is 5.34. The highest BCUT2D eigenvalue weighted by molar-refractivity contribution is 5.93. The number of aromatic carboxylic acids is 1. The maximum atomic E-state index is 11.0. The zero-order valence-corrected chi connectivity index (χ0v) is 10.5. The van der Waals surface area contributed by atoms with Gasteiger partial charge in [-0.3, -0.25) is 14.8 Å². The number of carbonyl (C=O) groups is 1. The molecule has 9 heteroatoms. The third-order valence-corrected chi connectivity index (χ3v) is 2.54. The SMILES string of the molecule is CCn1cc(Nc2cc(C(=O)O)c([N+](=O)[O-])cn2)cn1. The Morgan fingerprint density at radius 2 is 2.30 bits per heavy atom. The van der Waals surface area contributed by atoms with Gasteiger partial charge in [0.1, 0.15) is 17.6 Å². The van der Waals surface area contributed by atoms with E-state index in [1.165, 1.54) is 0 Å². The summed E-state index contributed by atoms with van der Waals surface area (Å²) in [6.45, 7) is 2.61. The number of rotatable bonds is 5. The van der Waals surface area contributed by atoms with E-state index in [1.54, 1.807) is 17.1 Å². The Morgan fingerprint density at radius 1 is 1.55 bits per heavy atom. The van der Waals surface area contributed by atoms with Crippen LogP contribution in [-0.2, 0) is 6.54 Å². The number of carboxylic acid groups (broad SMARTS) is 1. The van der Waals surface area contributed by atoms with Gasteiger partial charge in [-0.1, -0.05) is 0 Å². The van der Waals surface area contributed by atoms with Gasteiger partial charge in [-0.2, -0.15) is 5.10 Å². The molecular weight excluding hydrogens is 266 g/mol. The maximum absolute atomic E-state index is 11.0. The normalized spacial score (nSPS) is 10.2. The van der Waals surface area contributed by atoms with Crippen LogP contribution >= 0.6 is 0 Å². The highest BCUT2D eigenvalue weighted by Gasteiger charge is 2.21. The van der Waals surface area contributed by atoms with Crippen LogP contribution in [0.2, 0.25) is 0 Å². The van der Waals surface area contributed by atoms with Crippen molar-refractivity contribution in [3.63, 3.8) is 0 Å². The average molecular weight is 277 g/mol. The number of anilines is 2. The Hall–Kier alpha value is -2.97. The van der Waals surface area contributed by atoms with Crippen LogP contribution in [-0.4, -0.2) is 30.8 Å². The van der Waals surface area contributed by atoms with Gasteiger partial charge in [0, 0.05) is 18.8 Å². The standard InChI is InChI=1S/C11H11N5O4/c1-2-15-6-7(4-13-15)14-10-3-8(11(17)18)9(5-12-10)16(19)20/h3-6H,2H2,1H3,(H,12,14)(H,17,18). The van der Waals surface area contributed by atoms with E-state index >= 15 is 0 Å². The lowest BCUT2D eigenvalue weighted by Crippen LogP contribution is -2.05. The summed E-state index contributed by atoms with van der Waals surface area (Å²) >= 11 is 0. The van der Waals surface area contributed by atoms with Crippen molar-refractivity contribution in [2.75, 3.05) is 5.32 Å². The lowest BCUT2D eigenvalue weighted by Gasteiger charge is -2.04. The highest BCUT2D eigenvalue weighted by Crippen LogP contribution is 2.22. The van der Waals surface area contributed by atoms with Gasteiger partial charge in [-0.15, -0.1) is 0 Å². The average Bonchev–Trinajstić information content (AvgIpc) is 2.86. The van der Waals surface area contributed by atoms with Crippen molar-refractivity contribution in [1.82, 2.24) is 14.8 Å². The topological polar surface area (TPSA) is 123 Å². The number of nitrogens with zero attached hydrogens (tertiary/aromatic N) is 4. The number of pyridine rings is 1. The van der Waals surface area contributed by atoms with E-state index in [2.05, 4.69) is 15.4 Å². The molecule has 2 aromatic heterocycles. The number of aryl methyl sites for hydroxylation is 1. The summed E-state index contributed by atoms with van der Waals surface area (Å²) in [6, 6.07) is 1.11. The van der Waals surface area contributed by atoms with Crippen LogP contribution in [0.1, 0.15) is 17.3 Å². The van der Waals surface area contributed by atoms with E-state index in [0.717, 1.165) is 12.3 Å². The third kappa shape index (κ3) is 2.71. The number of nitrogens with one attached hydrogen (secondary N) is 1. The molecule has 0 aliphatic carbocycles. The van der Waals surface area contributed by atoms with E-state index < -0.39 is 22.1 Å². The maximum Gasteiger partial charge on any atom is 0.342 e.